The number of ether oxygens (including phenoxy) is 1. The lowest BCUT2D eigenvalue weighted by atomic mass is 9.99. The van der Waals surface area contributed by atoms with Crippen LogP contribution in [0.2, 0.25) is 0 Å². The van der Waals surface area contributed by atoms with Crippen molar-refractivity contribution >= 4 is 5.91 Å². The molecule has 1 amide bonds. The van der Waals surface area contributed by atoms with Gasteiger partial charge in [0.2, 0.25) is 5.91 Å². The first-order chi connectivity index (χ1) is 9.24. The van der Waals surface area contributed by atoms with Crippen molar-refractivity contribution in [1.29, 1.82) is 0 Å². The summed E-state index contributed by atoms with van der Waals surface area (Å²) in [6.07, 6.45) is 9.03. The van der Waals surface area contributed by atoms with Crippen LogP contribution in [0, 0.1) is 0 Å². The second kappa shape index (κ2) is 7.85. The number of hydrogen-bond donors (Lipinski definition) is 2. The molecule has 0 saturated carbocycles. The monoisotopic (exact) mass is 268 g/mol. The quantitative estimate of drug-likeness (QED) is 0.801. The molecule has 0 aromatic rings. The molecule has 0 aliphatic carbocycles. The second-order valence-corrected chi connectivity index (χ2v) is 6.03. The molecule has 2 N–H and O–H groups in total. The highest BCUT2D eigenvalue weighted by atomic mass is 16.5. The number of hydrogen-bond acceptors (Lipinski definition) is 3. The van der Waals surface area contributed by atoms with Gasteiger partial charge < -0.3 is 15.4 Å². The Balaban J connectivity index is 1.56. The van der Waals surface area contributed by atoms with E-state index < -0.39 is 0 Å². The van der Waals surface area contributed by atoms with Crippen LogP contribution in [0.3, 0.4) is 0 Å². The maximum absolute atomic E-state index is 11.8. The van der Waals surface area contributed by atoms with Crippen molar-refractivity contribution in [3.8, 4) is 0 Å². The molecule has 4 nitrogen and oxygen atoms in total. The van der Waals surface area contributed by atoms with Crippen LogP contribution in [-0.4, -0.2) is 37.2 Å². The minimum Gasteiger partial charge on any atom is -0.378 e. The van der Waals surface area contributed by atoms with E-state index in [1.165, 1.54) is 32.1 Å². The molecule has 0 aromatic heterocycles. The SMILES string of the molecule is CC1CCCC(CNC(=O)CCC2CCCCO2)N1. The smallest absolute Gasteiger partial charge is 0.220 e. The van der Waals surface area contributed by atoms with Gasteiger partial charge in [0.15, 0.2) is 0 Å². The van der Waals surface area contributed by atoms with Crippen LogP contribution in [-0.2, 0) is 9.53 Å². The van der Waals surface area contributed by atoms with Gasteiger partial charge in [-0.1, -0.05) is 6.42 Å². The standard InChI is InChI=1S/C15H28N2O2/c1-12-5-4-6-13(17-12)11-16-15(18)9-8-14-7-2-3-10-19-14/h12-14,17H,2-11H2,1H3,(H,16,18). The molecule has 19 heavy (non-hydrogen) atoms. The number of carbonyl (C=O) groups excluding carboxylic acids is 1. The predicted octanol–water partition coefficient (Wildman–Crippen LogP) is 1.98. The summed E-state index contributed by atoms with van der Waals surface area (Å²) in [5.41, 5.74) is 0. The van der Waals surface area contributed by atoms with Gasteiger partial charge in [0.1, 0.15) is 0 Å². The van der Waals surface area contributed by atoms with Crippen molar-refractivity contribution in [1.82, 2.24) is 10.6 Å². The van der Waals surface area contributed by atoms with Crippen LogP contribution in [0.25, 0.3) is 0 Å². The Kier molecular flexibility index (Phi) is 6.11. The van der Waals surface area contributed by atoms with Crippen LogP contribution in [0.5, 0.6) is 0 Å². The Bertz CT molecular complexity index is 277. The summed E-state index contributed by atoms with van der Waals surface area (Å²) >= 11 is 0. The number of piperidine rings is 1. The van der Waals surface area contributed by atoms with Gasteiger partial charge in [0, 0.05) is 31.7 Å². The minimum atomic E-state index is 0.175. The lowest BCUT2D eigenvalue weighted by Gasteiger charge is -2.29. The number of carbonyl (C=O) groups is 1. The van der Waals surface area contributed by atoms with Crippen LogP contribution in [0.1, 0.15) is 58.3 Å². The van der Waals surface area contributed by atoms with Gasteiger partial charge in [0.05, 0.1) is 6.10 Å². The molecular weight excluding hydrogens is 240 g/mol. The summed E-state index contributed by atoms with van der Waals surface area (Å²) in [5, 5.41) is 6.59. The Morgan fingerprint density at radius 2 is 2.16 bits per heavy atom. The van der Waals surface area contributed by atoms with Crippen molar-refractivity contribution < 1.29 is 9.53 Å². The summed E-state index contributed by atoms with van der Waals surface area (Å²) in [7, 11) is 0. The van der Waals surface area contributed by atoms with Gasteiger partial charge in [-0.25, -0.2) is 0 Å². The third kappa shape index (κ3) is 5.49. The molecule has 2 aliphatic heterocycles. The van der Waals surface area contributed by atoms with Gasteiger partial charge in [-0.3, -0.25) is 4.79 Å². The molecule has 0 radical (unpaired) electrons. The third-order valence-electron chi connectivity index (χ3n) is 4.22. The highest BCUT2D eigenvalue weighted by Gasteiger charge is 2.19. The first-order valence-electron chi connectivity index (χ1n) is 7.88. The van der Waals surface area contributed by atoms with E-state index in [4.69, 9.17) is 4.74 Å². The molecule has 110 valence electrons. The maximum atomic E-state index is 11.8. The fraction of sp³-hybridized carbons (Fsp3) is 0.933. The molecule has 3 atom stereocenters. The van der Waals surface area contributed by atoms with E-state index >= 15 is 0 Å². The van der Waals surface area contributed by atoms with Gasteiger partial charge in [-0.2, -0.15) is 0 Å². The van der Waals surface area contributed by atoms with Gasteiger partial charge in [0.25, 0.3) is 0 Å². The normalized spacial score (nSPS) is 31.9. The average molecular weight is 268 g/mol. The van der Waals surface area contributed by atoms with E-state index in [2.05, 4.69) is 17.6 Å². The van der Waals surface area contributed by atoms with Crippen LogP contribution < -0.4 is 10.6 Å². The van der Waals surface area contributed by atoms with E-state index in [-0.39, 0.29) is 5.91 Å². The molecule has 0 bridgehead atoms. The fourth-order valence-electron chi connectivity index (χ4n) is 3.05. The second-order valence-electron chi connectivity index (χ2n) is 6.03. The van der Waals surface area contributed by atoms with E-state index in [0.717, 1.165) is 26.0 Å². The van der Waals surface area contributed by atoms with Gasteiger partial charge in [-0.05, 0) is 45.4 Å². The zero-order valence-corrected chi connectivity index (χ0v) is 12.1. The minimum absolute atomic E-state index is 0.175. The Morgan fingerprint density at radius 3 is 2.89 bits per heavy atom. The topological polar surface area (TPSA) is 50.4 Å². The molecule has 4 heteroatoms. The molecule has 2 aliphatic rings. The lowest BCUT2D eigenvalue weighted by Crippen LogP contribution is -2.47. The molecule has 0 aromatic carbocycles. The van der Waals surface area contributed by atoms with E-state index in [9.17, 15) is 4.79 Å². The predicted molar refractivity (Wildman–Crippen MR) is 76.1 cm³/mol. The summed E-state index contributed by atoms with van der Waals surface area (Å²) in [5.74, 6) is 0.175. The third-order valence-corrected chi connectivity index (χ3v) is 4.22. The van der Waals surface area contributed by atoms with Crippen molar-refractivity contribution in [2.24, 2.45) is 0 Å². The number of nitrogens with one attached hydrogen (secondary N) is 2. The molecule has 2 saturated heterocycles. The molecule has 2 heterocycles. The molecule has 2 fully saturated rings. The first kappa shape index (κ1) is 14.8. The van der Waals surface area contributed by atoms with E-state index in [1.807, 2.05) is 0 Å². The zero-order chi connectivity index (χ0) is 13.5. The number of amides is 1. The first-order valence-corrected chi connectivity index (χ1v) is 7.88. The zero-order valence-electron chi connectivity index (χ0n) is 12.1. The van der Waals surface area contributed by atoms with Gasteiger partial charge in [-0.15, -0.1) is 0 Å². The molecule has 3 unspecified atom stereocenters. The molecule has 2 rings (SSSR count). The summed E-state index contributed by atoms with van der Waals surface area (Å²) in [6, 6.07) is 1.05. The van der Waals surface area contributed by atoms with E-state index in [0.29, 0.717) is 24.6 Å². The molecular formula is C15H28N2O2. The highest BCUT2D eigenvalue weighted by molar-refractivity contribution is 5.75. The summed E-state index contributed by atoms with van der Waals surface area (Å²) in [6.45, 7) is 3.86. The van der Waals surface area contributed by atoms with E-state index in [1.54, 1.807) is 0 Å². The van der Waals surface area contributed by atoms with Crippen molar-refractivity contribution in [2.75, 3.05) is 13.2 Å². The Hall–Kier alpha value is -0.610. The van der Waals surface area contributed by atoms with Crippen molar-refractivity contribution in [3.63, 3.8) is 0 Å². The van der Waals surface area contributed by atoms with Crippen LogP contribution in [0.4, 0.5) is 0 Å². The summed E-state index contributed by atoms with van der Waals surface area (Å²) in [4.78, 5) is 11.8. The molecule has 0 spiro atoms. The maximum Gasteiger partial charge on any atom is 0.220 e. The average Bonchev–Trinajstić information content (AvgIpc) is 2.44. The van der Waals surface area contributed by atoms with Crippen molar-refractivity contribution in [3.05, 3.63) is 0 Å². The lowest BCUT2D eigenvalue weighted by molar-refractivity contribution is -0.122. The Labute approximate surface area is 116 Å². The number of rotatable bonds is 5. The summed E-state index contributed by atoms with van der Waals surface area (Å²) < 4.78 is 5.64. The van der Waals surface area contributed by atoms with Crippen LogP contribution >= 0.6 is 0 Å². The van der Waals surface area contributed by atoms with Crippen LogP contribution in [0.15, 0.2) is 0 Å². The van der Waals surface area contributed by atoms with Gasteiger partial charge >= 0.3 is 0 Å². The fourth-order valence-corrected chi connectivity index (χ4v) is 3.05. The van der Waals surface area contributed by atoms with Crippen molar-refractivity contribution in [2.45, 2.75) is 76.5 Å². The Morgan fingerprint density at radius 1 is 1.26 bits per heavy atom. The largest absolute Gasteiger partial charge is 0.378 e. The highest BCUT2D eigenvalue weighted by Crippen LogP contribution is 2.17.